The Morgan fingerprint density at radius 1 is 1.31 bits per heavy atom. The first-order chi connectivity index (χ1) is 6.33. The van der Waals surface area contributed by atoms with E-state index in [-0.39, 0.29) is 6.61 Å². The van der Waals surface area contributed by atoms with Crippen molar-refractivity contribution in [3.8, 4) is 5.75 Å². The summed E-state index contributed by atoms with van der Waals surface area (Å²) in [6, 6.07) is 7.34. The summed E-state index contributed by atoms with van der Waals surface area (Å²) < 4.78 is 5.40. The summed E-state index contributed by atoms with van der Waals surface area (Å²) in [6.07, 6.45) is 1.65. The number of nitrogens with two attached hydrogens (primary N) is 1. The molecule has 0 radical (unpaired) electrons. The van der Waals surface area contributed by atoms with Gasteiger partial charge in [0.15, 0.2) is 0 Å². The molecule has 0 aliphatic carbocycles. The fraction of sp³-hybridized carbons (Fsp3) is 0.400. The highest BCUT2D eigenvalue weighted by atomic mass is 16.5. The van der Waals surface area contributed by atoms with Crippen LogP contribution in [-0.4, -0.2) is 18.3 Å². The molecular weight excluding hydrogens is 166 g/mol. The molecule has 0 atom stereocenters. The van der Waals surface area contributed by atoms with Crippen LogP contribution in [0.15, 0.2) is 24.3 Å². The molecule has 3 nitrogen and oxygen atoms in total. The van der Waals surface area contributed by atoms with Crippen LogP contribution in [0.4, 0.5) is 5.69 Å². The van der Waals surface area contributed by atoms with Gasteiger partial charge in [-0.1, -0.05) is 6.07 Å². The van der Waals surface area contributed by atoms with Gasteiger partial charge in [-0.25, -0.2) is 0 Å². The number of benzene rings is 1. The second-order valence-corrected chi connectivity index (χ2v) is 2.85. The molecule has 0 saturated carbocycles. The van der Waals surface area contributed by atoms with E-state index in [1.54, 1.807) is 6.07 Å². The zero-order valence-electron chi connectivity index (χ0n) is 7.57. The average molecular weight is 181 g/mol. The normalized spacial score (nSPS) is 9.92. The Hall–Kier alpha value is -1.22. The van der Waals surface area contributed by atoms with E-state index < -0.39 is 0 Å². The van der Waals surface area contributed by atoms with E-state index in [0.29, 0.717) is 12.3 Å². The van der Waals surface area contributed by atoms with E-state index in [9.17, 15) is 0 Å². The maximum atomic E-state index is 8.53. The molecule has 0 saturated heterocycles. The van der Waals surface area contributed by atoms with Crippen LogP contribution in [0.2, 0.25) is 0 Å². The quantitative estimate of drug-likeness (QED) is 0.533. The molecule has 0 unspecified atom stereocenters. The molecule has 0 amide bonds. The van der Waals surface area contributed by atoms with Crippen LogP contribution in [0.1, 0.15) is 12.8 Å². The summed E-state index contributed by atoms with van der Waals surface area (Å²) in [4.78, 5) is 0. The Morgan fingerprint density at radius 3 is 2.85 bits per heavy atom. The minimum atomic E-state index is 0.223. The van der Waals surface area contributed by atoms with Crippen molar-refractivity contribution in [3.05, 3.63) is 24.3 Å². The second kappa shape index (κ2) is 5.43. The zero-order valence-corrected chi connectivity index (χ0v) is 7.57. The molecule has 3 heteroatoms. The molecule has 0 aliphatic rings. The van der Waals surface area contributed by atoms with E-state index in [1.165, 1.54) is 0 Å². The maximum Gasteiger partial charge on any atom is 0.121 e. The molecule has 1 aromatic rings. The third-order valence-electron chi connectivity index (χ3n) is 1.68. The molecule has 1 aromatic carbocycles. The summed E-state index contributed by atoms with van der Waals surface area (Å²) in [5.41, 5.74) is 6.28. The van der Waals surface area contributed by atoms with Crippen LogP contribution < -0.4 is 10.5 Å². The molecule has 0 bridgehead atoms. The first-order valence-electron chi connectivity index (χ1n) is 4.42. The van der Waals surface area contributed by atoms with Gasteiger partial charge in [0.05, 0.1) is 6.61 Å². The average Bonchev–Trinajstić information content (AvgIpc) is 2.13. The third kappa shape index (κ3) is 3.80. The SMILES string of the molecule is Nc1cccc(OCCCCO)c1. The molecule has 0 aromatic heterocycles. The molecule has 0 spiro atoms. The maximum absolute atomic E-state index is 8.53. The summed E-state index contributed by atoms with van der Waals surface area (Å²) in [5.74, 6) is 0.790. The first-order valence-corrected chi connectivity index (χ1v) is 4.42. The number of ether oxygens (including phenoxy) is 1. The standard InChI is InChI=1S/C10H15NO2/c11-9-4-3-5-10(8-9)13-7-2-1-6-12/h3-5,8,12H,1-2,6-7,11H2. The molecule has 1 rings (SSSR count). The Morgan fingerprint density at radius 2 is 2.15 bits per heavy atom. The van der Waals surface area contributed by atoms with Gasteiger partial charge in [-0.05, 0) is 25.0 Å². The number of anilines is 1. The van der Waals surface area contributed by atoms with Gasteiger partial charge in [0, 0.05) is 18.4 Å². The smallest absolute Gasteiger partial charge is 0.121 e. The molecular formula is C10H15NO2. The largest absolute Gasteiger partial charge is 0.494 e. The Bertz CT molecular complexity index is 250. The number of hydrogen-bond acceptors (Lipinski definition) is 3. The second-order valence-electron chi connectivity index (χ2n) is 2.85. The van der Waals surface area contributed by atoms with Gasteiger partial charge in [0.25, 0.3) is 0 Å². The molecule has 0 aliphatic heterocycles. The van der Waals surface area contributed by atoms with Crippen molar-refractivity contribution >= 4 is 5.69 Å². The summed E-state index contributed by atoms with van der Waals surface area (Å²) in [6.45, 7) is 0.851. The molecule has 0 fully saturated rings. The van der Waals surface area contributed by atoms with Crippen LogP contribution in [0.3, 0.4) is 0 Å². The Kier molecular flexibility index (Phi) is 4.12. The van der Waals surface area contributed by atoms with Gasteiger partial charge >= 0.3 is 0 Å². The molecule has 0 heterocycles. The molecule has 13 heavy (non-hydrogen) atoms. The highest BCUT2D eigenvalue weighted by Crippen LogP contribution is 2.14. The Balaban J connectivity index is 2.28. The van der Waals surface area contributed by atoms with Crippen molar-refractivity contribution in [1.29, 1.82) is 0 Å². The van der Waals surface area contributed by atoms with E-state index >= 15 is 0 Å². The minimum Gasteiger partial charge on any atom is -0.494 e. The summed E-state index contributed by atoms with van der Waals surface area (Å²) in [7, 11) is 0. The van der Waals surface area contributed by atoms with Gasteiger partial charge < -0.3 is 15.6 Å². The lowest BCUT2D eigenvalue weighted by Gasteiger charge is -2.05. The van der Waals surface area contributed by atoms with Crippen LogP contribution in [0, 0.1) is 0 Å². The lowest BCUT2D eigenvalue weighted by molar-refractivity contribution is 0.253. The number of aliphatic hydroxyl groups excluding tert-OH is 1. The number of nitrogen functional groups attached to an aromatic ring is 1. The van der Waals surface area contributed by atoms with Crippen molar-refractivity contribution in [2.45, 2.75) is 12.8 Å². The third-order valence-corrected chi connectivity index (χ3v) is 1.68. The fourth-order valence-corrected chi connectivity index (χ4v) is 1.01. The number of aliphatic hydroxyl groups is 1. The van der Waals surface area contributed by atoms with Gasteiger partial charge in [0.2, 0.25) is 0 Å². The number of hydrogen-bond donors (Lipinski definition) is 2. The van der Waals surface area contributed by atoms with Crippen molar-refractivity contribution in [3.63, 3.8) is 0 Å². The van der Waals surface area contributed by atoms with Crippen molar-refractivity contribution in [2.75, 3.05) is 18.9 Å². The van der Waals surface area contributed by atoms with E-state index in [4.69, 9.17) is 15.6 Å². The van der Waals surface area contributed by atoms with Gasteiger partial charge in [-0.3, -0.25) is 0 Å². The van der Waals surface area contributed by atoms with Crippen molar-refractivity contribution in [1.82, 2.24) is 0 Å². The fourth-order valence-electron chi connectivity index (χ4n) is 1.01. The highest BCUT2D eigenvalue weighted by Gasteiger charge is 1.93. The van der Waals surface area contributed by atoms with Crippen LogP contribution in [0.5, 0.6) is 5.75 Å². The monoisotopic (exact) mass is 181 g/mol. The van der Waals surface area contributed by atoms with Gasteiger partial charge in [-0.2, -0.15) is 0 Å². The van der Waals surface area contributed by atoms with Crippen LogP contribution >= 0.6 is 0 Å². The number of unbranched alkanes of at least 4 members (excludes halogenated alkanes) is 1. The van der Waals surface area contributed by atoms with Crippen LogP contribution in [-0.2, 0) is 0 Å². The number of rotatable bonds is 5. The first kappa shape index (κ1) is 9.86. The lowest BCUT2D eigenvalue weighted by atomic mass is 10.3. The minimum absolute atomic E-state index is 0.223. The molecule has 3 N–H and O–H groups in total. The zero-order chi connectivity index (χ0) is 9.52. The van der Waals surface area contributed by atoms with E-state index in [0.717, 1.165) is 18.6 Å². The summed E-state index contributed by atoms with van der Waals surface area (Å²) in [5, 5.41) is 8.53. The predicted octanol–water partition coefficient (Wildman–Crippen LogP) is 1.42. The molecule has 72 valence electrons. The predicted molar refractivity (Wildman–Crippen MR) is 52.7 cm³/mol. The highest BCUT2D eigenvalue weighted by molar-refractivity contribution is 5.43. The summed E-state index contributed by atoms with van der Waals surface area (Å²) >= 11 is 0. The topological polar surface area (TPSA) is 55.5 Å². The Labute approximate surface area is 78.1 Å². The van der Waals surface area contributed by atoms with Crippen molar-refractivity contribution in [2.24, 2.45) is 0 Å². The lowest BCUT2D eigenvalue weighted by Crippen LogP contribution is -1.98. The van der Waals surface area contributed by atoms with Crippen LogP contribution in [0.25, 0.3) is 0 Å². The van der Waals surface area contributed by atoms with Gasteiger partial charge in [-0.15, -0.1) is 0 Å². The van der Waals surface area contributed by atoms with E-state index in [1.807, 2.05) is 18.2 Å². The van der Waals surface area contributed by atoms with E-state index in [2.05, 4.69) is 0 Å². The van der Waals surface area contributed by atoms with Gasteiger partial charge in [0.1, 0.15) is 5.75 Å². The van der Waals surface area contributed by atoms with Crippen molar-refractivity contribution < 1.29 is 9.84 Å².